The minimum Gasteiger partial charge on any atom is -0.497 e. The van der Waals surface area contributed by atoms with Crippen LogP contribution in [0.3, 0.4) is 0 Å². The molecule has 0 saturated carbocycles. The predicted octanol–water partition coefficient (Wildman–Crippen LogP) is 0.906. The van der Waals surface area contributed by atoms with Crippen molar-refractivity contribution in [1.82, 2.24) is 10.2 Å². The second-order valence-corrected chi connectivity index (χ2v) is 6.28. The van der Waals surface area contributed by atoms with Gasteiger partial charge in [0, 0.05) is 6.07 Å². The summed E-state index contributed by atoms with van der Waals surface area (Å²) in [5.74, 6) is -1.07. The molecule has 0 aromatic heterocycles. The topological polar surface area (TPSA) is 123 Å². The standard InChI is InChI=1S/C18H23N3O7/c1-5-18(2)16(24)21(17(25)20-18)9-15(23)28-10-14(22)19-12-7-6-11(26-3)8-13(12)27-4/h6-8H,5,9-10H2,1-4H3,(H,19,22)(H,20,25)/t18-/m1/s1. The molecule has 4 amide bonds. The maximum atomic E-state index is 12.2. The van der Waals surface area contributed by atoms with Gasteiger partial charge in [-0.15, -0.1) is 0 Å². The van der Waals surface area contributed by atoms with Crippen molar-refractivity contribution in [2.75, 3.05) is 32.7 Å². The first-order valence-corrected chi connectivity index (χ1v) is 8.55. The molecule has 1 fully saturated rings. The Morgan fingerprint density at radius 3 is 2.50 bits per heavy atom. The molecule has 1 aromatic rings. The third kappa shape index (κ3) is 4.51. The van der Waals surface area contributed by atoms with Gasteiger partial charge in [-0.3, -0.25) is 19.3 Å². The molecule has 10 nitrogen and oxygen atoms in total. The van der Waals surface area contributed by atoms with Crippen LogP contribution in [0.5, 0.6) is 11.5 Å². The molecule has 1 aliphatic heterocycles. The first-order chi connectivity index (χ1) is 13.2. The molecule has 1 atom stereocenters. The third-order valence-electron chi connectivity index (χ3n) is 4.39. The van der Waals surface area contributed by atoms with Gasteiger partial charge in [-0.2, -0.15) is 0 Å². The maximum absolute atomic E-state index is 12.2. The van der Waals surface area contributed by atoms with Crippen LogP contribution in [0.25, 0.3) is 0 Å². The Morgan fingerprint density at radius 1 is 1.21 bits per heavy atom. The largest absolute Gasteiger partial charge is 0.497 e. The zero-order valence-electron chi connectivity index (χ0n) is 16.2. The number of nitrogens with zero attached hydrogens (tertiary/aromatic N) is 1. The molecule has 2 N–H and O–H groups in total. The summed E-state index contributed by atoms with van der Waals surface area (Å²) in [5.41, 5.74) is -0.670. The van der Waals surface area contributed by atoms with Crippen molar-refractivity contribution < 1.29 is 33.4 Å². The van der Waals surface area contributed by atoms with Crippen molar-refractivity contribution in [1.29, 1.82) is 0 Å². The lowest BCUT2D eigenvalue weighted by Crippen LogP contribution is -2.43. The fourth-order valence-electron chi connectivity index (χ4n) is 2.54. The molecular formula is C18H23N3O7. The summed E-state index contributed by atoms with van der Waals surface area (Å²) in [6.45, 7) is 2.17. The Balaban J connectivity index is 1.89. The minimum atomic E-state index is -1.04. The number of urea groups is 1. The summed E-state index contributed by atoms with van der Waals surface area (Å²) < 4.78 is 15.1. The number of rotatable bonds is 8. The monoisotopic (exact) mass is 393 g/mol. The van der Waals surface area contributed by atoms with Crippen LogP contribution in [0.15, 0.2) is 18.2 Å². The first kappa shape index (κ1) is 21.0. The molecular weight excluding hydrogens is 370 g/mol. The highest BCUT2D eigenvalue weighted by molar-refractivity contribution is 6.08. The van der Waals surface area contributed by atoms with E-state index < -0.39 is 42.5 Å². The number of carbonyl (C=O) groups is 4. The van der Waals surface area contributed by atoms with E-state index in [9.17, 15) is 19.2 Å². The van der Waals surface area contributed by atoms with Crippen molar-refractivity contribution in [3.8, 4) is 11.5 Å². The number of methoxy groups -OCH3 is 2. The van der Waals surface area contributed by atoms with Crippen molar-refractivity contribution >= 4 is 29.5 Å². The van der Waals surface area contributed by atoms with E-state index in [1.54, 1.807) is 32.0 Å². The highest BCUT2D eigenvalue weighted by Gasteiger charge is 2.47. The predicted molar refractivity (Wildman–Crippen MR) is 98.1 cm³/mol. The number of esters is 1. The number of imide groups is 1. The Kier molecular flexibility index (Phi) is 6.45. The van der Waals surface area contributed by atoms with E-state index >= 15 is 0 Å². The number of hydrogen-bond donors (Lipinski definition) is 2. The molecule has 1 heterocycles. The Labute approximate surface area is 162 Å². The SMILES string of the molecule is CC[C@@]1(C)NC(=O)N(CC(=O)OCC(=O)Nc2ccc(OC)cc2OC)C1=O. The Morgan fingerprint density at radius 2 is 1.93 bits per heavy atom. The zero-order chi connectivity index (χ0) is 20.9. The molecule has 10 heteroatoms. The lowest BCUT2D eigenvalue weighted by molar-refractivity contribution is -0.150. The van der Waals surface area contributed by atoms with Gasteiger partial charge in [0.25, 0.3) is 11.8 Å². The molecule has 1 aromatic carbocycles. The van der Waals surface area contributed by atoms with Gasteiger partial charge in [0.2, 0.25) is 0 Å². The molecule has 152 valence electrons. The average molecular weight is 393 g/mol. The highest BCUT2D eigenvalue weighted by Crippen LogP contribution is 2.28. The fourth-order valence-corrected chi connectivity index (χ4v) is 2.54. The molecule has 2 rings (SSSR count). The summed E-state index contributed by atoms with van der Waals surface area (Å²) in [6.07, 6.45) is 0.384. The molecule has 1 aliphatic rings. The first-order valence-electron chi connectivity index (χ1n) is 8.55. The number of anilines is 1. The lowest BCUT2D eigenvalue weighted by atomic mass is 9.99. The van der Waals surface area contributed by atoms with Crippen LogP contribution >= 0.6 is 0 Å². The zero-order valence-corrected chi connectivity index (χ0v) is 16.2. The molecule has 0 unspecified atom stereocenters. The summed E-state index contributed by atoms with van der Waals surface area (Å²) in [5, 5.41) is 5.08. The summed E-state index contributed by atoms with van der Waals surface area (Å²) in [7, 11) is 2.94. The lowest BCUT2D eigenvalue weighted by Gasteiger charge is -2.18. The second-order valence-electron chi connectivity index (χ2n) is 6.28. The number of carbonyl (C=O) groups excluding carboxylic acids is 4. The van der Waals surface area contributed by atoms with E-state index in [0.29, 0.717) is 23.6 Å². The van der Waals surface area contributed by atoms with E-state index in [2.05, 4.69) is 10.6 Å². The molecule has 28 heavy (non-hydrogen) atoms. The van der Waals surface area contributed by atoms with E-state index in [0.717, 1.165) is 4.90 Å². The number of nitrogens with one attached hydrogen (secondary N) is 2. The van der Waals surface area contributed by atoms with Gasteiger partial charge in [-0.1, -0.05) is 6.92 Å². The van der Waals surface area contributed by atoms with Crippen molar-refractivity contribution in [2.45, 2.75) is 25.8 Å². The number of ether oxygens (including phenoxy) is 3. The van der Waals surface area contributed by atoms with Crippen LogP contribution in [-0.4, -0.2) is 61.6 Å². The molecule has 0 spiro atoms. The number of hydrogen-bond acceptors (Lipinski definition) is 7. The fraction of sp³-hybridized carbons (Fsp3) is 0.444. The minimum absolute atomic E-state index is 0.372. The summed E-state index contributed by atoms with van der Waals surface area (Å²) in [4.78, 5) is 48.8. The molecule has 1 saturated heterocycles. The normalized spacial score (nSPS) is 18.5. The maximum Gasteiger partial charge on any atom is 0.326 e. The van der Waals surface area contributed by atoms with Crippen LogP contribution in [0.2, 0.25) is 0 Å². The second kappa shape index (κ2) is 8.59. The van der Waals surface area contributed by atoms with Gasteiger partial charge in [-0.25, -0.2) is 4.79 Å². The van der Waals surface area contributed by atoms with Crippen LogP contribution in [-0.2, 0) is 19.1 Å². The van der Waals surface area contributed by atoms with Gasteiger partial charge in [0.1, 0.15) is 23.6 Å². The van der Waals surface area contributed by atoms with Gasteiger partial charge in [-0.05, 0) is 25.5 Å². The van der Waals surface area contributed by atoms with Crippen molar-refractivity contribution in [2.24, 2.45) is 0 Å². The van der Waals surface area contributed by atoms with E-state index in [1.165, 1.54) is 14.2 Å². The van der Waals surface area contributed by atoms with Crippen molar-refractivity contribution in [3.05, 3.63) is 18.2 Å². The summed E-state index contributed by atoms with van der Waals surface area (Å²) >= 11 is 0. The van der Waals surface area contributed by atoms with Gasteiger partial charge in [0.15, 0.2) is 6.61 Å². The Bertz CT molecular complexity index is 795. The third-order valence-corrected chi connectivity index (χ3v) is 4.39. The average Bonchev–Trinajstić information content (AvgIpc) is 2.90. The smallest absolute Gasteiger partial charge is 0.326 e. The van der Waals surface area contributed by atoms with E-state index in [4.69, 9.17) is 14.2 Å². The highest BCUT2D eigenvalue weighted by atomic mass is 16.5. The van der Waals surface area contributed by atoms with Crippen LogP contribution in [0.1, 0.15) is 20.3 Å². The van der Waals surface area contributed by atoms with E-state index in [1.807, 2.05) is 0 Å². The van der Waals surface area contributed by atoms with Crippen LogP contribution in [0.4, 0.5) is 10.5 Å². The molecule has 0 radical (unpaired) electrons. The molecule has 0 bridgehead atoms. The quantitative estimate of drug-likeness (QED) is 0.497. The van der Waals surface area contributed by atoms with Crippen LogP contribution in [0, 0.1) is 0 Å². The van der Waals surface area contributed by atoms with Crippen LogP contribution < -0.4 is 20.1 Å². The van der Waals surface area contributed by atoms with E-state index in [-0.39, 0.29) is 0 Å². The molecule has 0 aliphatic carbocycles. The van der Waals surface area contributed by atoms with Gasteiger partial charge in [0.05, 0.1) is 19.9 Å². The Hall–Kier alpha value is -3.30. The number of amides is 4. The number of benzene rings is 1. The van der Waals surface area contributed by atoms with Gasteiger partial charge >= 0.3 is 12.0 Å². The van der Waals surface area contributed by atoms with Crippen molar-refractivity contribution in [3.63, 3.8) is 0 Å². The van der Waals surface area contributed by atoms with Gasteiger partial charge < -0.3 is 24.8 Å². The summed E-state index contributed by atoms with van der Waals surface area (Å²) in [6, 6.07) is 4.13.